The number of rotatable bonds is 2. The van der Waals surface area contributed by atoms with Gasteiger partial charge in [-0.05, 0) is 13.0 Å². The van der Waals surface area contributed by atoms with Crippen molar-refractivity contribution in [3.8, 4) is 0 Å². The normalized spacial score (nSPS) is 23.8. The second-order valence-corrected chi connectivity index (χ2v) is 3.70. The van der Waals surface area contributed by atoms with Gasteiger partial charge in [-0.25, -0.2) is 4.39 Å². The molecule has 2 N–H and O–H groups in total. The van der Waals surface area contributed by atoms with Crippen molar-refractivity contribution in [1.82, 2.24) is 5.43 Å². The van der Waals surface area contributed by atoms with E-state index in [0.717, 1.165) is 0 Å². The molecule has 4 nitrogen and oxygen atoms in total. The minimum atomic E-state index is -1.00. The van der Waals surface area contributed by atoms with E-state index < -0.39 is 23.7 Å². The molecule has 0 aliphatic carbocycles. The Morgan fingerprint density at radius 2 is 2.19 bits per heavy atom. The van der Waals surface area contributed by atoms with Gasteiger partial charge in [-0.15, -0.1) is 0 Å². The van der Waals surface area contributed by atoms with Crippen LogP contribution in [0.15, 0.2) is 29.4 Å². The molecule has 1 heterocycles. The molecule has 0 aromatic heterocycles. The Morgan fingerprint density at radius 3 is 2.81 bits per heavy atom. The fraction of sp³-hybridized carbons (Fsp3) is 0.273. The number of hydrazone groups is 1. The molecule has 0 amide bonds. The second-order valence-electron chi connectivity index (χ2n) is 3.70. The maximum atomic E-state index is 13.5. The second kappa shape index (κ2) is 3.92. The Balaban J connectivity index is 2.37. The molecule has 0 bridgehead atoms. The predicted octanol–water partition coefficient (Wildman–Crippen LogP) is 1.55. The number of carboxylic acid groups (broad SMARTS) is 1. The highest BCUT2D eigenvalue weighted by atomic mass is 19.1. The molecule has 84 valence electrons. The maximum absolute atomic E-state index is 13.5. The number of hydrogen-bond acceptors (Lipinski definition) is 3. The zero-order valence-corrected chi connectivity index (χ0v) is 8.64. The summed E-state index contributed by atoms with van der Waals surface area (Å²) in [6.45, 7) is 1.62. The Hall–Kier alpha value is -1.91. The Labute approximate surface area is 91.8 Å². The van der Waals surface area contributed by atoms with E-state index in [4.69, 9.17) is 5.11 Å². The van der Waals surface area contributed by atoms with E-state index in [9.17, 15) is 9.18 Å². The number of hydrogen-bond donors (Lipinski definition) is 2. The third kappa shape index (κ3) is 1.64. The monoisotopic (exact) mass is 222 g/mol. The maximum Gasteiger partial charge on any atom is 0.314 e. The molecular weight excluding hydrogens is 211 g/mol. The van der Waals surface area contributed by atoms with Gasteiger partial charge in [0.15, 0.2) is 0 Å². The third-order valence-corrected chi connectivity index (χ3v) is 2.67. The topological polar surface area (TPSA) is 61.7 Å². The Bertz CT molecular complexity index is 459. The van der Waals surface area contributed by atoms with E-state index in [1.807, 2.05) is 0 Å². The van der Waals surface area contributed by atoms with Gasteiger partial charge in [-0.3, -0.25) is 4.79 Å². The van der Waals surface area contributed by atoms with Gasteiger partial charge in [0.2, 0.25) is 0 Å². The van der Waals surface area contributed by atoms with Gasteiger partial charge in [0.05, 0.1) is 11.8 Å². The van der Waals surface area contributed by atoms with E-state index in [1.165, 1.54) is 6.07 Å². The summed E-state index contributed by atoms with van der Waals surface area (Å²) in [6.07, 6.45) is 0. The first-order valence-corrected chi connectivity index (χ1v) is 4.88. The molecule has 2 atom stereocenters. The van der Waals surface area contributed by atoms with Crippen LogP contribution in [0.2, 0.25) is 0 Å². The largest absolute Gasteiger partial charge is 0.481 e. The molecule has 1 aliphatic rings. The van der Waals surface area contributed by atoms with Crippen molar-refractivity contribution >= 4 is 11.7 Å². The smallest absolute Gasteiger partial charge is 0.314 e. The lowest BCUT2D eigenvalue weighted by Gasteiger charge is -2.16. The van der Waals surface area contributed by atoms with Crippen molar-refractivity contribution in [2.75, 3.05) is 0 Å². The number of carbonyl (C=O) groups is 1. The van der Waals surface area contributed by atoms with Crippen molar-refractivity contribution in [2.45, 2.75) is 13.0 Å². The highest BCUT2D eigenvalue weighted by Crippen LogP contribution is 2.29. The van der Waals surface area contributed by atoms with Crippen LogP contribution >= 0.6 is 0 Å². The average molecular weight is 222 g/mol. The van der Waals surface area contributed by atoms with Gasteiger partial charge in [0, 0.05) is 5.56 Å². The fourth-order valence-corrected chi connectivity index (χ4v) is 1.85. The van der Waals surface area contributed by atoms with Crippen molar-refractivity contribution < 1.29 is 14.3 Å². The summed E-state index contributed by atoms with van der Waals surface area (Å²) < 4.78 is 13.5. The zero-order chi connectivity index (χ0) is 11.7. The van der Waals surface area contributed by atoms with Crippen LogP contribution in [0, 0.1) is 11.7 Å². The van der Waals surface area contributed by atoms with Crippen LogP contribution in [0.5, 0.6) is 0 Å². The highest BCUT2D eigenvalue weighted by molar-refractivity contribution is 6.02. The molecule has 2 unspecified atom stereocenters. The molecular formula is C11H11FN2O2. The summed E-state index contributed by atoms with van der Waals surface area (Å²) in [5, 5.41) is 12.9. The van der Waals surface area contributed by atoms with E-state index >= 15 is 0 Å². The minimum Gasteiger partial charge on any atom is -0.481 e. The van der Waals surface area contributed by atoms with E-state index in [1.54, 1.807) is 25.1 Å². The first-order valence-electron chi connectivity index (χ1n) is 4.88. The van der Waals surface area contributed by atoms with Crippen LogP contribution in [0.1, 0.15) is 18.5 Å². The molecule has 5 heteroatoms. The lowest BCUT2D eigenvalue weighted by atomic mass is 9.91. The highest BCUT2D eigenvalue weighted by Gasteiger charge is 2.37. The Morgan fingerprint density at radius 1 is 1.50 bits per heavy atom. The average Bonchev–Trinajstić information content (AvgIpc) is 2.61. The molecule has 0 spiro atoms. The molecule has 0 radical (unpaired) electrons. The third-order valence-electron chi connectivity index (χ3n) is 2.67. The van der Waals surface area contributed by atoms with Crippen LogP contribution in [0.25, 0.3) is 0 Å². The van der Waals surface area contributed by atoms with Gasteiger partial charge < -0.3 is 10.5 Å². The van der Waals surface area contributed by atoms with E-state index in [-0.39, 0.29) is 0 Å². The van der Waals surface area contributed by atoms with E-state index in [2.05, 4.69) is 10.5 Å². The first kappa shape index (κ1) is 10.6. The molecule has 16 heavy (non-hydrogen) atoms. The predicted molar refractivity (Wildman–Crippen MR) is 56.5 cm³/mol. The van der Waals surface area contributed by atoms with Crippen LogP contribution < -0.4 is 5.43 Å². The molecule has 0 fully saturated rings. The van der Waals surface area contributed by atoms with Crippen LogP contribution in [0.3, 0.4) is 0 Å². The van der Waals surface area contributed by atoms with Gasteiger partial charge in [0.1, 0.15) is 11.7 Å². The molecule has 1 aromatic rings. The SMILES string of the molecule is CC1=NNC(c2ccccc2F)C1C(=O)O. The standard InChI is InChI=1S/C11H11FN2O2/c1-6-9(11(15)16)10(14-13-6)7-4-2-3-5-8(7)12/h2-5,9-10,14H,1H3,(H,15,16). The summed E-state index contributed by atoms with van der Waals surface area (Å²) in [4.78, 5) is 11.1. The quantitative estimate of drug-likeness (QED) is 0.798. The van der Waals surface area contributed by atoms with Crippen LogP contribution in [-0.2, 0) is 4.79 Å². The van der Waals surface area contributed by atoms with Gasteiger partial charge in [0.25, 0.3) is 0 Å². The first-order chi connectivity index (χ1) is 7.61. The lowest BCUT2D eigenvalue weighted by molar-refractivity contribution is -0.139. The van der Waals surface area contributed by atoms with E-state index in [0.29, 0.717) is 11.3 Å². The van der Waals surface area contributed by atoms with Gasteiger partial charge in [-0.1, -0.05) is 18.2 Å². The molecule has 0 saturated heterocycles. The molecule has 1 aromatic carbocycles. The van der Waals surface area contributed by atoms with Crippen molar-refractivity contribution in [3.63, 3.8) is 0 Å². The summed E-state index contributed by atoms with van der Waals surface area (Å²) in [6, 6.07) is 5.49. The molecule has 2 rings (SSSR count). The van der Waals surface area contributed by atoms with Gasteiger partial charge in [-0.2, -0.15) is 5.10 Å². The van der Waals surface area contributed by atoms with Crippen LogP contribution in [-0.4, -0.2) is 16.8 Å². The number of aliphatic carboxylic acids is 1. The lowest BCUT2D eigenvalue weighted by Crippen LogP contribution is -2.28. The number of halogens is 1. The fourth-order valence-electron chi connectivity index (χ4n) is 1.85. The number of carboxylic acids is 1. The number of nitrogens with one attached hydrogen (secondary N) is 1. The van der Waals surface area contributed by atoms with Crippen molar-refractivity contribution in [1.29, 1.82) is 0 Å². The minimum absolute atomic E-state index is 0.329. The molecule has 0 saturated carbocycles. The van der Waals surface area contributed by atoms with Crippen molar-refractivity contribution in [3.05, 3.63) is 35.6 Å². The molecule has 1 aliphatic heterocycles. The summed E-state index contributed by atoms with van der Waals surface area (Å²) >= 11 is 0. The Kier molecular flexibility index (Phi) is 2.60. The number of nitrogens with zero attached hydrogens (tertiary/aromatic N) is 1. The number of benzene rings is 1. The van der Waals surface area contributed by atoms with Crippen LogP contribution in [0.4, 0.5) is 4.39 Å². The zero-order valence-electron chi connectivity index (χ0n) is 8.64. The van der Waals surface area contributed by atoms with Gasteiger partial charge >= 0.3 is 5.97 Å². The van der Waals surface area contributed by atoms with Crippen molar-refractivity contribution in [2.24, 2.45) is 11.0 Å². The summed E-state index contributed by atoms with van der Waals surface area (Å²) in [5.74, 6) is -2.23. The summed E-state index contributed by atoms with van der Waals surface area (Å²) in [5.41, 5.74) is 3.45. The summed E-state index contributed by atoms with van der Waals surface area (Å²) in [7, 11) is 0.